The number of halogens is 1. The van der Waals surface area contributed by atoms with E-state index in [-0.39, 0.29) is 17.4 Å². The Kier molecular flexibility index (Phi) is 5.55. The number of H-pyrrole nitrogens is 1. The molecule has 7 nitrogen and oxygen atoms in total. The number of amides is 1. The van der Waals surface area contributed by atoms with E-state index in [9.17, 15) is 9.59 Å². The van der Waals surface area contributed by atoms with Crippen molar-refractivity contribution in [3.63, 3.8) is 0 Å². The van der Waals surface area contributed by atoms with E-state index in [1.54, 1.807) is 24.3 Å². The minimum atomic E-state index is -0.744. The van der Waals surface area contributed by atoms with Crippen molar-refractivity contribution in [3.05, 3.63) is 69.6 Å². The van der Waals surface area contributed by atoms with Crippen molar-refractivity contribution in [2.75, 3.05) is 6.54 Å². The van der Waals surface area contributed by atoms with Crippen LogP contribution in [0.1, 0.15) is 25.5 Å². The summed E-state index contributed by atoms with van der Waals surface area (Å²) in [4.78, 5) is 29.0. The van der Waals surface area contributed by atoms with Crippen LogP contribution in [-0.2, 0) is 11.2 Å². The lowest BCUT2D eigenvalue weighted by atomic mass is 10.0. The Morgan fingerprint density at radius 2 is 2.00 bits per heavy atom. The summed E-state index contributed by atoms with van der Waals surface area (Å²) < 4.78 is 1.19. The largest absolute Gasteiger partial charge is 0.361 e. The van der Waals surface area contributed by atoms with Gasteiger partial charge < -0.3 is 10.3 Å². The molecule has 0 fully saturated rings. The average Bonchev–Trinajstić information content (AvgIpc) is 3.12. The fourth-order valence-corrected chi connectivity index (χ4v) is 3.83. The van der Waals surface area contributed by atoms with Gasteiger partial charge in [0.05, 0.1) is 5.39 Å². The maximum atomic E-state index is 13.0. The minimum Gasteiger partial charge on any atom is -0.361 e. The SMILES string of the molecule is CC(C)[C@H](C(=O)NCCc1c[nH]c2ccc(Cl)cc12)n1nnc2ccccc2c1=O. The van der Waals surface area contributed by atoms with Gasteiger partial charge in [-0.05, 0) is 48.2 Å². The van der Waals surface area contributed by atoms with E-state index < -0.39 is 6.04 Å². The van der Waals surface area contributed by atoms with E-state index in [0.29, 0.717) is 28.9 Å². The zero-order valence-corrected chi connectivity index (χ0v) is 17.5. The first-order valence-corrected chi connectivity index (χ1v) is 10.2. The molecule has 0 spiro atoms. The van der Waals surface area contributed by atoms with Crippen LogP contribution in [0.3, 0.4) is 0 Å². The molecule has 0 unspecified atom stereocenters. The van der Waals surface area contributed by atoms with Crippen LogP contribution >= 0.6 is 11.6 Å². The number of carbonyl (C=O) groups is 1. The number of nitrogens with one attached hydrogen (secondary N) is 2. The van der Waals surface area contributed by atoms with Gasteiger partial charge in [0.1, 0.15) is 11.6 Å². The number of aromatic amines is 1. The highest BCUT2D eigenvalue weighted by atomic mass is 35.5. The quantitative estimate of drug-likeness (QED) is 0.496. The number of rotatable bonds is 6. The van der Waals surface area contributed by atoms with Gasteiger partial charge >= 0.3 is 0 Å². The lowest BCUT2D eigenvalue weighted by Crippen LogP contribution is -2.42. The zero-order valence-electron chi connectivity index (χ0n) is 16.7. The van der Waals surface area contributed by atoms with Gasteiger partial charge in [-0.2, -0.15) is 4.68 Å². The Morgan fingerprint density at radius 1 is 1.20 bits per heavy atom. The lowest BCUT2D eigenvalue weighted by Gasteiger charge is -2.21. The molecule has 154 valence electrons. The molecule has 4 aromatic rings. The normalized spacial score (nSPS) is 12.5. The minimum absolute atomic E-state index is 0.134. The first kappa shape index (κ1) is 20.1. The number of hydrogen-bond acceptors (Lipinski definition) is 4. The van der Waals surface area contributed by atoms with E-state index in [1.807, 2.05) is 38.2 Å². The zero-order chi connectivity index (χ0) is 21.3. The van der Waals surface area contributed by atoms with Crippen molar-refractivity contribution in [3.8, 4) is 0 Å². The molecule has 0 radical (unpaired) electrons. The molecule has 2 heterocycles. The third kappa shape index (κ3) is 3.80. The second-order valence-electron chi connectivity index (χ2n) is 7.59. The highest BCUT2D eigenvalue weighted by Gasteiger charge is 2.27. The van der Waals surface area contributed by atoms with Gasteiger partial charge in [-0.1, -0.05) is 42.8 Å². The van der Waals surface area contributed by atoms with Crippen molar-refractivity contribution in [1.82, 2.24) is 25.3 Å². The van der Waals surface area contributed by atoms with E-state index >= 15 is 0 Å². The highest BCUT2D eigenvalue weighted by molar-refractivity contribution is 6.31. The van der Waals surface area contributed by atoms with Crippen molar-refractivity contribution in [2.24, 2.45) is 5.92 Å². The third-order valence-electron chi connectivity index (χ3n) is 5.18. The van der Waals surface area contributed by atoms with Gasteiger partial charge in [0.25, 0.3) is 5.56 Å². The van der Waals surface area contributed by atoms with Crippen LogP contribution in [0.5, 0.6) is 0 Å². The molecule has 2 N–H and O–H groups in total. The molecule has 0 aliphatic heterocycles. The number of hydrogen-bond donors (Lipinski definition) is 2. The lowest BCUT2D eigenvalue weighted by molar-refractivity contribution is -0.126. The summed E-state index contributed by atoms with van der Waals surface area (Å²) >= 11 is 6.10. The Morgan fingerprint density at radius 3 is 2.80 bits per heavy atom. The summed E-state index contributed by atoms with van der Waals surface area (Å²) in [5.41, 5.74) is 2.26. The molecule has 0 aliphatic rings. The van der Waals surface area contributed by atoms with Crippen LogP contribution in [0.2, 0.25) is 5.02 Å². The molecule has 0 bridgehead atoms. The van der Waals surface area contributed by atoms with Crippen LogP contribution in [0.15, 0.2) is 53.5 Å². The van der Waals surface area contributed by atoms with Crippen molar-refractivity contribution in [2.45, 2.75) is 26.3 Å². The molecule has 1 atom stereocenters. The smallest absolute Gasteiger partial charge is 0.278 e. The van der Waals surface area contributed by atoms with Crippen molar-refractivity contribution < 1.29 is 4.79 Å². The number of carbonyl (C=O) groups excluding carboxylic acids is 1. The first-order chi connectivity index (χ1) is 14.5. The maximum absolute atomic E-state index is 13.0. The molecule has 30 heavy (non-hydrogen) atoms. The summed E-state index contributed by atoms with van der Waals surface area (Å²) in [6, 6.07) is 11.9. The monoisotopic (exact) mass is 423 g/mol. The molecular weight excluding hydrogens is 402 g/mol. The Hall–Kier alpha value is -3.19. The fraction of sp³-hybridized carbons (Fsp3) is 0.273. The van der Waals surface area contributed by atoms with Gasteiger partial charge in [-0.15, -0.1) is 5.10 Å². The van der Waals surface area contributed by atoms with Crippen LogP contribution in [-0.4, -0.2) is 32.4 Å². The molecule has 0 saturated heterocycles. The van der Waals surface area contributed by atoms with E-state index in [0.717, 1.165) is 16.5 Å². The number of aromatic nitrogens is 4. The van der Waals surface area contributed by atoms with Gasteiger partial charge in [0.15, 0.2) is 0 Å². The molecule has 8 heteroatoms. The van der Waals surface area contributed by atoms with E-state index in [1.165, 1.54) is 4.68 Å². The Bertz CT molecular complexity index is 1280. The molecule has 0 saturated carbocycles. The Balaban J connectivity index is 1.52. The summed E-state index contributed by atoms with van der Waals surface area (Å²) in [6.07, 6.45) is 2.56. The molecule has 2 aromatic heterocycles. The van der Waals surface area contributed by atoms with Crippen LogP contribution in [0.4, 0.5) is 0 Å². The predicted molar refractivity (Wildman–Crippen MR) is 118 cm³/mol. The van der Waals surface area contributed by atoms with Gasteiger partial charge in [0.2, 0.25) is 5.91 Å². The third-order valence-corrected chi connectivity index (χ3v) is 5.41. The second kappa shape index (κ2) is 8.28. The van der Waals surface area contributed by atoms with Gasteiger partial charge in [-0.3, -0.25) is 9.59 Å². The maximum Gasteiger partial charge on any atom is 0.278 e. The van der Waals surface area contributed by atoms with Gasteiger partial charge in [0, 0.05) is 28.7 Å². The average molecular weight is 424 g/mol. The fourth-order valence-electron chi connectivity index (χ4n) is 3.66. The van der Waals surface area contributed by atoms with Gasteiger partial charge in [-0.25, -0.2) is 0 Å². The van der Waals surface area contributed by atoms with Crippen LogP contribution < -0.4 is 10.9 Å². The van der Waals surface area contributed by atoms with Crippen LogP contribution in [0.25, 0.3) is 21.8 Å². The number of fused-ring (bicyclic) bond motifs is 2. The first-order valence-electron chi connectivity index (χ1n) is 9.83. The summed E-state index contributed by atoms with van der Waals surface area (Å²) in [5, 5.41) is 13.2. The number of benzene rings is 2. The summed E-state index contributed by atoms with van der Waals surface area (Å²) in [6.45, 7) is 4.20. The molecule has 1 amide bonds. The second-order valence-corrected chi connectivity index (χ2v) is 8.03. The van der Waals surface area contributed by atoms with Crippen molar-refractivity contribution in [1.29, 1.82) is 0 Å². The topological polar surface area (TPSA) is 92.7 Å². The van der Waals surface area contributed by atoms with Crippen molar-refractivity contribution >= 4 is 39.3 Å². The predicted octanol–water partition coefficient (Wildman–Crippen LogP) is 3.48. The Labute approximate surface area is 178 Å². The number of nitrogens with zero attached hydrogens (tertiary/aromatic N) is 3. The molecule has 4 rings (SSSR count). The van der Waals surface area contributed by atoms with E-state index in [2.05, 4.69) is 20.6 Å². The van der Waals surface area contributed by atoms with E-state index in [4.69, 9.17) is 11.6 Å². The molecule has 2 aromatic carbocycles. The summed E-state index contributed by atoms with van der Waals surface area (Å²) in [5.74, 6) is -0.389. The highest BCUT2D eigenvalue weighted by Crippen LogP contribution is 2.23. The standard InChI is InChI=1S/C22H22ClN5O2/c1-13(2)20(28-22(30)16-5-3-4-6-19(16)26-27-28)21(29)24-10-9-14-12-25-18-8-7-15(23)11-17(14)18/h3-8,11-13,20,25H,9-10H2,1-2H3,(H,24,29)/t20-/m1/s1. The van der Waals surface area contributed by atoms with Crippen LogP contribution in [0, 0.1) is 5.92 Å². The molecular formula is C22H22ClN5O2. The molecule has 0 aliphatic carbocycles. The summed E-state index contributed by atoms with van der Waals surface area (Å²) in [7, 11) is 0.